The molecular weight excluding hydrogens is 781 g/mol. The van der Waals surface area contributed by atoms with E-state index in [4.69, 9.17) is 22.0 Å². The Kier molecular flexibility index (Phi) is 6.14. The van der Waals surface area contributed by atoms with Crippen LogP contribution in [0.1, 0.15) is 36.0 Å². The first-order valence-corrected chi connectivity index (χ1v) is 21.0. The van der Waals surface area contributed by atoms with E-state index in [9.17, 15) is 5.48 Å². The summed E-state index contributed by atoms with van der Waals surface area (Å²) in [5, 5.41) is 3.65. The van der Waals surface area contributed by atoms with Gasteiger partial charge in [-0.1, -0.05) is 182 Å². The molecule has 0 atom stereocenters. The van der Waals surface area contributed by atoms with E-state index >= 15 is 0 Å². The van der Waals surface area contributed by atoms with E-state index in [-0.39, 0.29) is 11.1 Å². The van der Waals surface area contributed by atoms with E-state index in [1.54, 1.807) is 24.3 Å². The number of benzene rings is 10. The highest BCUT2D eigenvalue weighted by Gasteiger charge is 2.47. The normalized spacial score (nSPS) is 15.0. The van der Waals surface area contributed by atoms with Crippen LogP contribution >= 0.6 is 0 Å². The van der Waals surface area contributed by atoms with Crippen molar-refractivity contribution in [3.8, 4) is 33.7 Å². The molecule has 0 unspecified atom stereocenters. The minimum atomic E-state index is -2.07. The third-order valence-corrected chi connectivity index (χ3v) is 12.5. The molecule has 0 radical (unpaired) electrons. The van der Waals surface area contributed by atoms with Crippen molar-refractivity contribution >= 4 is 60.9 Å². The third kappa shape index (κ3) is 5.39. The van der Waals surface area contributed by atoms with Gasteiger partial charge in [-0.05, 0) is 86.8 Å². The van der Waals surface area contributed by atoms with E-state index in [2.05, 4.69) is 17.0 Å². The lowest BCUT2D eigenvalue weighted by Gasteiger charge is -2.34. The summed E-state index contributed by atoms with van der Waals surface area (Å²) in [7, 11) is 0. The van der Waals surface area contributed by atoms with Crippen LogP contribution < -0.4 is 4.90 Å². The van der Waals surface area contributed by atoms with Crippen LogP contribution in [-0.2, 0) is 5.41 Å². The van der Waals surface area contributed by atoms with Crippen molar-refractivity contribution in [3.05, 3.63) is 253 Å². The summed E-state index contributed by atoms with van der Waals surface area (Å²) < 4.78 is 105. The van der Waals surface area contributed by atoms with Gasteiger partial charge >= 0.3 is 0 Å². The zero-order valence-corrected chi connectivity index (χ0v) is 33.9. The van der Waals surface area contributed by atoms with Crippen LogP contribution in [-0.4, -0.2) is 4.98 Å². The fourth-order valence-electron chi connectivity index (χ4n) is 9.76. The van der Waals surface area contributed by atoms with Crippen molar-refractivity contribution in [2.45, 2.75) is 5.41 Å². The van der Waals surface area contributed by atoms with E-state index in [0.29, 0.717) is 73.0 Å². The maximum Gasteiger partial charge on any atom is 0.229 e. The Balaban J connectivity index is 1.19. The van der Waals surface area contributed by atoms with Gasteiger partial charge in [-0.2, -0.15) is 0 Å². The van der Waals surface area contributed by atoms with E-state index in [0.717, 1.165) is 32.7 Å². The Bertz CT molecular complexity index is 4180. The second-order valence-corrected chi connectivity index (χ2v) is 15.9. The monoisotopic (exact) mass is 828 g/mol. The van der Waals surface area contributed by atoms with Gasteiger partial charge in [0.2, 0.25) is 5.89 Å². The fraction of sp³-hybridized carbons (Fsp3) is 0.0167. The van der Waals surface area contributed by atoms with Gasteiger partial charge in [-0.3, -0.25) is 0 Å². The van der Waals surface area contributed by atoms with Gasteiger partial charge in [0.1, 0.15) is 16.7 Å². The first kappa shape index (κ1) is 27.5. The molecule has 12 aromatic rings. The highest BCUT2D eigenvalue weighted by molar-refractivity contribution is 6.17. The Hall–Kier alpha value is -8.47. The zero-order valence-electron chi connectivity index (χ0n) is 43.9. The van der Waals surface area contributed by atoms with Crippen LogP contribution in [0, 0.1) is 0 Å². The number of hydrogen-bond acceptors (Lipinski definition) is 4. The van der Waals surface area contributed by atoms with E-state index in [1.165, 1.54) is 0 Å². The second-order valence-electron chi connectivity index (χ2n) is 15.9. The average molecular weight is 829 g/mol. The summed E-state index contributed by atoms with van der Waals surface area (Å²) in [6.45, 7) is 0. The molecule has 0 N–H and O–H groups in total. The zero-order chi connectivity index (χ0) is 50.9. The maximum absolute atomic E-state index is 9.62. The van der Waals surface area contributed by atoms with Crippen LogP contribution in [0.2, 0.25) is 0 Å². The molecule has 0 aliphatic heterocycles. The van der Waals surface area contributed by atoms with Crippen LogP contribution in [0.5, 0.6) is 0 Å². The number of hydrogen-bond donors (Lipinski definition) is 0. The average Bonchev–Trinajstić information content (AvgIpc) is 4.13. The summed E-state index contributed by atoms with van der Waals surface area (Å²) >= 11 is 0. The molecule has 13 rings (SSSR count). The fourth-order valence-corrected chi connectivity index (χ4v) is 9.76. The summed E-state index contributed by atoms with van der Waals surface area (Å²) in [6, 6.07) is 48.3. The Morgan fingerprint density at radius 3 is 1.95 bits per heavy atom. The minimum absolute atomic E-state index is 0.257. The molecule has 2 heterocycles. The molecule has 2 aromatic heterocycles. The van der Waals surface area contributed by atoms with Crippen molar-refractivity contribution in [1.29, 1.82) is 0 Å². The standard InChI is InChI=1S/C60H38N2O2/c1-4-17-39(18-5-1)40-31-34-44(35-32-40)62(53-29-16-27-51-57(53)47-25-12-13-26-50(47)60(51,42-20-6-2-7-21-42)43-22-8-3-9-23-43)54-38-56-48(37-49(54)59-61-52-28-14-15-30-55(52)64-59)46-36-33-41-19-10-11-24-45(41)58(46)63-56/h1-38H/i2D,3D,6D,7D,8D,9D,20D,21D,22D,23D. The second kappa shape index (κ2) is 14.3. The molecular formula is C60H38N2O2. The molecule has 4 nitrogen and oxygen atoms in total. The lowest BCUT2D eigenvalue weighted by atomic mass is 9.68. The van der Waals surface area contributed by atoms with Gasteiger partial charge in [0.15, 0.2) is 5.58 Å². The lowest BCUT2D eigenvalue weighted by Crippen LogP contribution is -2.28. The molecule has 10 aromatic carbocycles. The van der Waals surface area contributed by atoms with Crippen molar-refractivity contribution in [3.63, 3.8) is 0 Å². The summed E-state index contributed by atoms with van der Waals surface area (Å²) in [4.78, 5) is 7.13. The lowest BCUT2D eigenvalue weighted by molar-refractivity contribution is 0.620. The van der Waals surface area contributed by atoms with Crippen LogP contribution in [0.15, 0.2) is 239 Å². The molecule has 0 amide bonds. The summed E-state index contributed by atoms with van der Waals surface area (Å²) in [6.07, 6.45) is 0. The quantitative estimate of drug-likeness (QED) is 0.160. The maximum atomic E-state index is 9.62. The molecule has 0 saturated heterocycles. The topological polar surface area (TPSA) is 42.4 Å². The highest BCUT2D eigenvalue weighted by atomic mass is 16.3. The number of furan rings is 1. The van der Waals surface area contributed by atoms with Gasteiger partial charge in [-0.15, -0.1) is 0 Å². The first-order valence-electron chi connectivity index (χ1n) is 26.0. The van der Waals surface area contributed by atoms with Crippen LogP contribution in [0.3, 0.4) is 0 Å². The molecule has 0 saturated carbocycles. The Morgan fingerprint density at radius 2 is 1.16 bits per heavy atom. The molecule has 4 heteroatoms. The van der Waals surface area contributed by atoms with Gasteiger partial charge in [0.05, 0.1) is 36.1 Å². The molecule has 0 spiro atoms. The van der Waals surface area contributed by atoms with E-state index in [1.807, 2.05) is 133 Å². The van der Waals surface area contributed by atoms with Crippen molar-refractivity contribution in [1.82, 2.24) is 4.98 Å². The van der Waals surface area contributed by atoms with Gasteiger partial charge in [0.25, 0.3) is 0 Å². The molecule has 64 heavy (non-hydrogen) atoms. The van der Waals surface area contributed by atoms with Crippen LogP contribution in [0.25, 0.3) is 77.5 Å². The largest absolute Gasteiger partial charge is 0.455 e. The molecule has 300 valence electrons. The van der Waals surface area contributed by atoms with Crippen LogP contribution in [0.4, 0.5) is 17.1 Å². The Labute approximate surface area is 384 Å². The van der Waals surface area contributed by atoms with Crippen molar-refractivity contribution in [2.75, 3.05) is 4.90 Å². The number of fused-ring (bicyclic) bond motifs is 9. The van der Waals surface area contributed by atoms with Gasteiger partial charge < -0.3 is 13.7 Å². The Morgan fingerprint density at radius 1 is 0.469 bits per heavy atom. The third-order valence-electron chi connectivity index (χ3n) is 12.5. The smallest absolute Gasteiger partial charge is 0.229 e. The molecule has 1 aliphatic rings. The number of anilines is 3. The summed E-state index contributed by atoms with van der Waals surface area (Å²) in [5.74, 6) is 0.324. The SMILES string of the molecule is [2H]c1c([2H])c([2H])c(C2(c3c([2H])c([2H])c([2H])c([2H])c3[2H])c3ccccc3-c3c(N(c4ccc(-c5ccccc5)cc4)c4cc5oc6c7ccccc7ccc6c5cc4-c4nc5ccccc5o4)cccc32)c([2H])c1[2H]. The minimum Gasteiger partial charge on any atom is -0.455 e. The highest BCUT2D eigenvalue weighted by Crippen LogP contribution is 2.60. The summed E-state index contributed by atoms with van der Waals surface area (Å²) in [5.41, 5.74) is 6.02. The first-order chi connectivity index (χ1) is 35.9. The van der Waals surface area contributed by atoms with Gasteiger partial charge in [-0.25, -0.2) is 4.98 Å². The number of oxazole rings is 1. The molecule has 0 fully saturated rings. The van der Waals surface area contributed by atoms with Crippen molar-refractivity contribution in [2.24, 2.45) is 0 Å². The predicted molar refractivity (Wildman–Crippen MR) is 262 cm³/mol. The number of aromatic nitrogens is 1. The number of rotatable bonds is 7. The molecule has 0 bridgehead atoms. The number of nitrogens with zero attached hydrogens (tertiary/aromatic N) is 2. The predicted octanol–water partition coefficient (Wildman–Crippen LogP) is 16.0. The van der Waals surface area contributed by atoms with E-state index < -0.39 is 65.8 Å². The number of para-hydroxylation sites is 2. The van der Waals surface area contributed by atoms with Gasteiger partial charge in [0, 0.05) is 33.5 Å². The van der Waals surface area contributed by atoms with Crippen molar-refractivity contribution < 1.29 is 22.5 Å². The molecule has 1 aliphatic carbocycles.